The fourth-order valence-electron chi connectivity index (χ4n) is 1.37. The predicted molar refractivity (Wildman–Crippen MR) is 71.0 cm³/mol. The number of hydrogen-bond acceptors (Lipinski definition) is 4. The van der Waals surface area contributed by atoms with Crippen molar-refractivity contribution >= 4 is 23.6 Å². The molecule has 0 saturated heterocycles. The number of nitrogens with zero attached hydrogens (tertiary/aromatic N) is 1. The Kier molecular flexibility index (Phi) is 7.90. The Morgan fingerprint density at radius 2 is 1.79 bits per heavy atom. The number of carbonyl (C=O) groups excluding carboxylic acids is 3. The van der Waals surface area contributed by atoms with Crippen molar-refractivity contribution in [3.8, 4) is 0 Å². The SMILES string of the molecule is CC(=O)[C@H](CC(N)=O)NC(=O)CCCCN=C(N)N. The van der Waals surface area contributed by atoms with E-state index in [1.54, 1.807) is 0 Å². The molecule has 0 aromatic heterocycles. The third kappa shape index (κ3) is 9.57. The molecule has 0 bridgehead atoms. The van der Waals surface area contributed by atoms with Crippen LogP contribution in [0.4, 0.5) is 0 Å². The monoisotopic (exact) mass is 271 g/mol. The molecule has 19 heavy (non-hydrogen) atoms. The third-order valence-corrected chi connectivity index (χ3v) is 2.34. The second-order valence-corrected chi connectivity index (χ2v) is 4.16. The van der Waals surface area contributed by atoms with Crippen molar-refractivity contribution < 1.29 is 14.4 Å². The molecule has 8 heteroatoms. The second-order valence-electron chi connectivity index (χ2n) is 4.16. The Balaban J connectivity index is 3.97. The van der Waals surface area contributed by atoms with Crippen LogP contribution in [0.25, 0.3) is 0 Å². The molecule has 0 aliphatic heterocycles. The zero-order valence-corrected chi connectivity index (χ0v) is 11.0. The fourth-order valence-corrected chi connectivity index (χ4v) is 1.37. The van der Waals surface area contributed by atoms with Crippen molar-refractivity contribution in [2.24, 2.45) is 22.2 Å². The molecule has 0 saturated carbocycles. The molecule has 0 radical (unpaired) electrons. The van der Waals surface area contributed by atoms with Gasteiger partial charge in [-0.25, -0.2) is 0 Å². The van der Waals surface area contributed by atoms with Crippen LogP contribution in [0, 0.1) is 0 Å². The number of amides is 2. The number of Topliss-reactive ketones (excluding diaryl/α,β-unsaturated/α-hetero) is 1. The number of aliphatic imine (C=N–C) groups is 1. The molecule has 0 unspecified atom stereocenters. The number of guanidine groups is 1. The molecule has 0 aromatic carbocycles. The third-order valence-electron chi connectivity index (χ3n) is 2.34. The Morgan fingerprint density at radius 3 is 2.26 bits per heavy atom. The zero-order chi connectivity index (χ0) is 14.8. The van der Waals surface area contributed by atoms with Gasteiger partial charge in [-0.1, -0.05) is 0 Å². The van der Waals surface area contributed by atoms with E-state index in [1.807, 2.05) is 0 Å². The van der Waals surface area contributed by atoms with E-state index in [-0.39, 0.29) is 30.5 Å². The molecule has 0 heterocycles. The number of nitrogens with one attached hydrogen (secondary N) is 1. The molecule has 0 aliphatic carbocycles. The van der Waals surface area contributed by atoms with Gasteiger partial charge in [0, 0.05) is 13.0 Å². The van der Waals surface area contributed by atoms with Gasteiger partial charge in [-0.15, -0.1) is 0 Å². The molecular formula is C11H21N5O3. The standard InChI is InChI=1S/C11H21N5O3/c1-7(17)8(6-9(12)18)16-10(19)4-2-3-5-15-11(13)14/h8H,2-6H2,1H3,(H2,12,18)(H,16,19)(H4,13,14,15)/t8-/m0/s1. The summed E-state index contributed by atoms with van der Waals surface area (Å²) in [6.07, 6.45) is 1.30. The van der Waals surface area contributed by atoms with Crippen LogP contribution in [-0.2, 0) is 14.4 Å². The largest absolute Gasteiger partial charge is 0.370 e. The Hall–Kier alpha value is -2.12. The lowest BCUT2D eigenvalue weighted by atomic mass is 10.1. The summed E-state index contributed by atoms with van der Waals surface area (Å²) in [4.78, 5) is 37.2. The first-order chi connectivity index (χ1) is 8.82. The van der Waals surface area contributed by atoms with Gasteiger partial charge < -0.3 is 22.5 Å². The van der Waals surface area contributed by atoms with Crippen LogP contribution in [-0.4, -0.2) is 36.1 Å². The molecule has 0 fully saturated rings. The summed E-state index contributed by atoms with van der Waals surface area (Å²) in [5, 5.41) is 2.47. The number of nitrogens with two attached hydrogens (primary N) is 3. The van der Waals surface area contributed by atoms with Gasteiger partial charge in [0.25, 0.3) is 0 Å². The lowest BCUT2D eigenvalue weighted by Gasteiger charge is -2.13. The smallest absolute Gasteiger partial charge is 0.220 e. The number of carbonyl (C=O) groups is 3. The maximum Gasteiger partial charge on any atom is 0.220 e. The van der Waals surface area contributed by atoms with E-state index >= 15 is 0 Å². The number of ketones is 1. The first-order valence-electron chi connectivity index (χ1n) is 5.96. The van der Waals surface area contributed by atoms with Crippen LogP contribution >= 0.6 is 0 Å². The van der Waals surface area contributed by atoms with Crippen LogP contribution in [0.5, 0.6) is 0 Å². The summed E-state index contributed by atoms with van der Waals surface area (Å²) in [6.45, 7) is 1.75. The maximum absolute atomic E-state index is 11.5. The number of unbranched alkanes of at least 4 members (excludes halogenated alkanes) is 1. The lowest BCUT2D eigenvalue weighted by molar-refractivity contribution is -0.129. The van der Waals surface area contributed by atoms with Gasteiger partial charge >= 0.3 is 0 Å². The molecule has 7 N–H and O–H groups in total. The summed E-state index contributed by atoms with van der Waals surface area (Å²) in [7, 11) is 0. The van der Waals surface area contributed by atoms with Crippen molar-refractivity contribution in [2.45, 2.75) is 38.6 Å². The van der Waals surface area contributed by atoms with E-state index < -0.39 is 11.9 Å². The van der Waals surface area contributed by atoms with Gasteiger partial charge in [0.15, 0.2) is 11.7 Å². The maximum atomic E-state index is 11.5. The van der Waals surface area contributed by atoms with Gasteiger partial charge in [-0.2, -0.15) is 0 Å². The van der Waals surface area contributed by atoms with Crippen LogP contribution in [0.2, 0.25) is 0 Å². The fraction of sp³-hybridized carbons (Fsp3) is 0.636. The highest BCUT2D eigenvalue weighted by atomic mass is 16.2. The van der Waals surface area contributed by atoms with E-state index in [9.17, 15) is 14.4 Å². The number of hydrogen-bond donors (Lipinski definition) is 4. The molecule has 0 spiro atoms. The van der Waals surface area contributed by atoms with E-state index in [1.165, 1.54) is 6.92 Å². The van der Waals surface area contributed by atoms with Gasteiger partial charge in [0.2, 0.25) is 11.8 Å². The van der Waals surface area contributed by atoms with Crippen molar-refractivity contribution in [1.29, 1.82) is 0 Å². The Morgan fingerprint density at radius 1 is 1.16 bits per heavy atom. The van der Waals surface area contributed by atoms with E-state index in [2.05, 4.69) is 10.3 Å². The highest BCUT2D eigenvalue weighted by molar-refractivity contribution is 5.91. The molecule has 108 valence electrons. The molecule has 0 aromatic rings. The molecule has 2 amide bonds. The summed E-state index contributed by atoms with van der Waals surface area (Å²) >= 11 is 0. The van der Waals surface area contributed by atoms with Gasteiger partial charge in [-0.3, -0.25) is 19.4 Å². The molecule has 8 nitrogen and oxygen atoms in total. The first-order valence-corrected chi connectivity index (χ1v) is 5.96. The summed E-state index contributed by atoms with van der Waals surface area (Å²) in [5.41, 5.74) is 15.3. The molecule has 1 atom stereocenters. The highest BCUT2D eigenvalue weighted by Crippen LogP contribution is 1.99. The van der Waals surface area contributed by atoms with Crippen molar-refractivity contribution in [3.63, 3.8) is 0 Å². The summed E-state index contributed by atoms with van der Waals surface area (Å²) < 4.78 is 0. The number of primary amides is 1. The lowest BCUT2D eigenvalue weighted by Crippen LogP contribution is -2.42. The molecular weight excluding hydrogens is 250 g/mol. The van der Waals surface area contributed by atoms with Gasteiger partial charge in [-0.05, 0) is 19.8 Å². The minimum absolute atomic E-state index is 0.0163. The molecule has 0 aliphatic rings. The quantitative estimate of drug-likeness (QED) is 0.225. The Labute approximate surface area is 111 Å². The topological polar surface area (TPSA) is 154 Å². The van der Waals surface area contributed by atoms with Crippen molar-refractivity contribution in [2.75, 3.05) is 6.54 Å². The second kappa shape index (κ2) is 8.90. The Bertz CT molecular complexity index is 363. The van der Waals surface area contributed by atoms with E-state index in [0.717, 1.165) is 0 Å². The van der Waals surface area contributed by atoms with Crippen LogP contribution in [0.15, 0.2) is 4.99 Å². The normalized spacial score (nSPS) is 11.4. The average Bonchev–Trinajstić information content (AvgIpc) is 2.26. The van der Waals surface area contributed by atoms with Crippen molar-refractivity contribution in [3.05, 3.63) is 0 Å². The van der Waals surface area contributed by atoms with E-state index in [0.29, 0.717) is 19.4 Å². The van der Waals surface area contributed by atoms with Crippen LogP contribution < -0.4 is 22.5 Å². The van der Waals surface area contributed by atoms with Gasteiger partial charge in [0.1, 0.15) is 0 Å². The summed E-state index contributed by atoms with van der Waals surface area (Å²) in [5.74, 6) is -1.21. The van der Waals surface area contributed by atoms with Crippen LogP contribution in [0.1, 0.15) is 32.6 Å². The number of rotatable bonds is 9. The zero-order valence-electron chi connectivity index (χ0n) is 11.0. The molecule has 0 rings (SSSR count). The predicted octanol–water partition coefficient (Wildman–Crippen LogP) is -1.62. The average molecular weight is 271 g/mol. The van der Waals surface area contributed by atoms with E-state index in [4.69, 9.17) is 17.2 Å². The van der Waals surface area contributed by atoms with Crippen LogP contribution in [0.3, 0.4) is 0 Å². The van der Waals surface area contributed by atoms with Gasteiger partial charge in [0.05, 0.1) is 12.5 Å². The highest BCUT2D eigenvalue weighted by Gasteiger charge is 2.18. The summed E-state index contributed by atoms with van der Waals surface area (Å²) in [6, 6.07) is -0.845. The minimum atomic E-state index is -0.845. The van der Waals surface area contributed by atoms with Crippen molar-refractivity contribution in [1.82, 2.24) is 5.32 Å². The minimum Gasteiger partial charge on any atom is -0.370 e. The first kappa shape index (κ1) is 16.9.